The molecule has 0 N–H and O–H groups in total. The highest BCUT2D eigenvalue weighted by atomic mass is 16.7. The Morgan fingerprint density at radius 2 is 2.36 bits per heavy atom. The van der Waals surface area contributed by atoms with Crippen LogP contribution in [0, 0.1) is 5.92 Å². The van der Waals surface area contributed by atoms with E-state index >= 15 is 0 Å². The molecular weight excluding hydrogens is 180 g/mol. The summed E-state index contributed by atoms with van der Waals surface area (Å²) in [5.74, 6) is 0.289. The van der Waals surface area contributed by atoms with Crippen LogP contribution >= 0.6 is 0 Å². The third-order valence-corrected chi connectivity index (χ3v) is 2.16. The van der Waals surface area contributed by atoms with Gasteiger partial charge in [-0.2, -0.15) is 0 Å². The molecule has 2 atom stereocenters. The van der Waals surface area contributed by atoms with Crippen molar-refractivity contribution in [2.24, 2.45) is 5.92 Å². The van der Waals surface area contributed by atoms with Crippen LogP contribution in [0.3, 0.4) is 0 Å². The van der Waals surface area contributed by atoms with Gasteiger partial charge in [-0.1, -0.05) is 25.2 Å². The standard InChI is InChI=1S/C11H16O3/c1-8(2)4-5-10-9(3)6-7-13-11(12)14-10/h4-5,9-10H,1,6-7H2,2-3H3. The van der Waals surface area contributed by atoms with E-state index in [-0.39, 0.29) is 12.0 Å². The van der Waals surface area contributed by atoms with E-state index in [9.17, 15) is 4.79 Å². The molecule has 0 aromatic rings. The fraction of sp³-hybridized carbons (Fsp3) is 0.545. The summed E-state index contributed by atoms with van der Waals surface area (Å²) in [4.78, 5) is 11.0. The van der Waals surface area contributed by atoms with Crippen molar-refractivity contribution in [1.82, 2.24) is 0 Å². The van der Waals surface area contributed by atoms with Crippen molar-refractivity contribution in [3.8, 4) is 0 Å². The number of allylic oxidation sites excluding steroid dienone is 2. The first kappa shape index (κ1) is 10.8. The van der Waals surface area contributed by atoms with Gasteiger partial charge in [0.1, 0.15) is 6.10 Å². The van der Waals surface area contributed by atoms with Crippen LogP contribution in [0.15, 0.2) is 24.3 Å². The lowest BCUT2D eigenvalue weighted by Gasteiger charge is -2.15. The summed E-state index contributed by atoms with van der Waals surface area (Å²) in [6.45, 7) is 8.13. The Morgan fingerprint density at radius 1 is 1.64 bits per heavy atom. The van der Waals surface area contributed by atoms with Crippen LogP contribution in [0.5, 0.6) is 0 Å². The summed E-state index contributed by atoms with van der Waals surface area (Å²) in [5.41, 5.74) is 0.943. The van der Waals surface area contributed by atoms with Crippen LogP contribution in [-0.4, -0.2) is 18.9 Å². The van der Waals surface area contributed by atoms with E-state index in [0.717, 1.165) is 12.0 Å². The van der Waals surface area contributed by atoms with Gasteiger partial charge in [0.25, 0.3) is 0 Å². The second-order valence-corrected chi connectivity index (χ2v) is 3.65. The summed E-state index contributed by atoms with van der Waals surface area (Å²) in [6.07, 6.45) is 3.78. The summed E-state index contributed by atoms with van der Waals surface area (Å²) >= 11 is 0. The highest BCUT2D eigenvalue weighted by molar-refractivity contribution is 5.60. The van der Waals surface area contributed by atoms with E-state index in [2.05, 4.69) is 6.58 Å². The molecule has 1 saturated heterocycles. The lowest BCUT2D eigenvalue weighted by molar-refractivity contribution is 0.0500. The van der Waals surface area contributed by atoms with Crippen LogP contribution in [0.4, 0.5) is 4.79 Å². The minimum Gasteiger partial charge on any atom is -0.434 e. The van der Waals surface area contributed by atoms with Crippen LogP contribution in [-0.2, 0) is 9.47 Å². The van der Waals surface area contributed by atoms with Crippen molar-refractivity contribution in [1.29, 1.82) is 0 Å². The summed E-state index contributed by atoms with van der Waals surface area (Å²) < 4.78 is 9.88. The van der Waals surface area contributed by atoms with E-state index in [4.69, 9.17) is 9.47 Å². The van der Waals surface area contributed by atoms with Crippen LogP contribution in [0.25, 0.3) is 0 Å². The molecule has 1 fully saturated rings. The van der Waals surface area contributed by atoms with Gasteiger partial charge in [0, 0.05) is 5.92 Å². The Morgan fingerprint density at radius 3 is 3.00 bits per heavy atom. The maximum absolute atomic E-state index is 11.0. The quantitative estimate of drug-likeness (QED) is 0.503. The van der Waals surface area contributed by atoms with E-state index in [0.29, 0.717) is 6.61 Å². The molecule has 0 aliphatic carbocycles. The van der Waals surface area contributed by atoms with Crippen molar-refractivity contribution in [2.75, 3.05) is 6.61 Å². The lowest BCUT2D eigenvalue weighted by Crippen LogP contribution is -2.19. The topological polar surface area (TPSA) is 35.5 Å². The monoisotopic (exact) mass is 196 g/mol. The number of hydrogen-bond donors (Lipinski definition) is 0. The fourth-order valence-electron chi connectivity index (χ4n) is 1.24. The molecule has 0 spiro atoms. The molecule has 0 aromatic heterocycles. The van der Waals surface area contributed by atoms with Crippen LogP contribution in [0.2, 0.25) is 0 Å². The number of carbonyl (C=O) groups is 1. The third-order valence-electron chi connectivity index (χ3n) is 2.16. The minimum absolute atomic E-state index is 0.193. The van der Waals surface area contributed by atoms with E-state index in [1.807, 2.05) is 26.0 Å². The van der Waals surface area contributed by atoms with Crippen LogP contribution < -0.4 is 0 Å². The molecule has 3 heteroatoms. The lowest BCUT2D eigenvalue weighted by atomic mass is 10.0. The normalized spacial score (nSPS) is 28.0. The first-order valence-electron chi connectivity index (χ1n) is 4.76. The SMILES string of the molecule is C=C(C)C=CC1OC(=O)OCCC1C. The first-order valence-corrected chi connectivity index (χ1v) is 4.76. The molecular formula is C11H16O3. The predicted octanol–water partition coefficient (Wildman–Crippen LogP) is 2.68. The van der Waals surface area contributed by atoms with Gasteiger partial charge in [-0.3, -0.25) is 0 Å². The van der Waals surface area contributed by atoms with E-state index in [1.54, 1.807) is 0 Å². The van der Waals surface area contributed by atoms with Crippen molar-refractivity contribution in [3.63, 3.8) is 0 Å². The predicted molar refractivity (Wildman–Crippen MR) is 54.0 cm³/mol. The molecule has 0 saturated carbocycles. The van der Waals surface area contributed by atoms with Gasteiger partial charge in [-0.25, -0.2) is 4.79 Å². The van der Waals surface area contributed by atoms with E-state index < -0.39 is 6.16 Å². The molecule has 0 aromatic carbocycles. The van der Waals surface area contributed by atoms with Crippen molar-refractivity contribution >= 4 is 6.16 Å². The zero-order valence-corrected chi connectivity index (χ0v) is 8.66. The van der Waals surface area contributed by atoms with Gasteiger partial charge >= 0.3 is 6.16 Å². The molecule has 78 valence electrons. The average molecular weight is 196 g/mol. The average Bonchev–Trinajstić information content (AvgIpc) is 2.25. The highest BCUT2D eigenvalue weighted by Crippen LogP contribution is 2.18. The van der Waals surface area contributed by atoms with Gasteiger partial charge < -0.3 is 9.47 Å². The number of carbonyl (C=O) groups excluding carboxylic acids is 1. The minimum atomic E-state index is -0.578. The van der Waals surface area contributed by atoms with Gasteiger partial charge in [-0.05, 0) is 19.4 Å². The van der Waals surface area contributed by atoms with Gasteiger partial charge in [-0.15, -0.1) is 0 Å². The molecule has 1 rings (SSSR count). The molecule has 0 bridgehead atoms. The second kappa shape index (κ2) is 4.84. The fourth-order valence-corrected chi connectivity index (χ4v) is 1.24. The molecule has 3 nitrogen and oxygen atoms in total. The number of ether oxygens (including phenoxy) is 2. The Balaban J connectivity index is 2.63. The van der Waals surface area contributed by atoms with Crippen molar-refractivity contribution < 1.29 is 14.3 Å². The van der Waals surface area contributed by atoms with Crippen molar-refractivity contribution in [2.45, 2.75) is 26.4 Å². The molecule has 1 aliphatic rings. The maximum atomic E-state index is 11.0. The summed E-state index contributed by atoms with van der Waals surface area (Å²) in [5, 5.41) is 0. The Hall–Kier alpha value is -1.25. The summed E-state index contributed by atoms with van der Waals surface area (Å²) in [6, 6.07) is 0. The number of rotatable bonds is 2. The van der Waals surface area contributed by atoms with Crippen molar-refractivity contribution in [3.05, 3.63) is 24.3 Å². The Labute approximate surface area is 84.4 Å². The molecule has 1 aliphatic heterocycles. The third kappa shape index (κ3) is 3.24. The smallest absolute Gasteiger partial charge is 0.434 e. The molecule has 2 unspecified atom stereocenters. The first-order chi connectivity index (χ1) is 6.59. The molecule has 1 heterocycles. The maximum Gasteiger partial charge on any atom is 0.508 e. The zero-order valence-electron chi connectivity index (χ0n) is 8.66. The number of hydrogen-bond acceptors (Lipinski definition) is 3. The van der Waals surface area contributed by atoms with Crippen LogP contribution in [0.1, 0.15) is 20.3 Å². The zero-order chi connectivity index (χ0) is 10.6. The van der Waals surface area contributed by atoms with Gasteiger partial charge in [0.15, 0.2) is 0 Å². The Bertz CT molecular complexity index is 255. The highest BCUT2D eigenvalue weighted by Gasteiger charge is 2.23. The Kier molecular flexibility index (Phi) is 3.74. The van der Waals surface area contributed by atoms with E-state index in [1.165, 1.54) is 0 Å². The molecule has 0 radical (unpaired) electrons. The largest absolute Gasteiger partial charge is 0.508 e. The van der Waals surface area contributed by atoms with Gasteiger partial charge in [0.2, 0.25) is 0 Å². The molecule has 14 heavy (non-hydrogen) atoms. The molecule has 0 amide bonds. The van der Waals surface area contributed by atoms with Gasteiger partial charge in [0.05, 0.1) is 6.61 Å². The summed E-state index contributed by atoms with van der Waals surface area (Å²) in [7, 11) is 0. The second-order valence-electron chi connectivity index (χ2n) is 3.65. The number of cyclic esters (lactones) is 2.